The monoisotopic (exact) mass is 393 g/mol. The van der Waals surface area contributed by atoms with Crippen molar-refractivity contribution in [3.8, 4) is 0 Å². The van der Waals surface area contributed by atoms with Gasteiger partial charge in [0.25, 0.3) is 0 Å². The van der Waals surface area contributed by atoms with E-state index >= 15 is 0 Å². The van der Waals surface area contributed by atoms with Crippen LogP contribution in [0.15, 0.2) is 48.5 Å². The smallest absolute Gasteiger partial charge is 0.238 e. The molecule has 2 aromatic carbocycles. The van der Waals surface area contributed by atoms with E-state index in [9.17, 15) is 9.59 Å². The summed E-state index contributed by atoms with van der Waals surface area (Å²) in [5.41, 5.74) is 4.14. The van der Waals surface area contributed by atoms with E-state index in [1.165, 1.54) is 11.1 Å². The first kappa shape index (κ1) is 21.1. The largest absolute Gasteiger partial charge is 0.325 e. The highest BCUT2D eigenvalue weighted by Crippen LogP contribution is 2.24. The Morgan fingerprint density at radius 2 is 1.76 bits per heavy atom. The van der Waals surface area contributed by atoms with Crippen molar-refractivity contribution in [2.24, 2.45) is 5.92 Å². The first-order valence-corrected chi connectivity index (χ1v) is 10.5. The average Bonchev–Trinajstić information content (AvgIpc) is 3.15. The zero-order valence-electron chi connectivity index (χ0n) is 17.6. The lowest BCUT2D eigenvalue weighted by Crippen LogP contribution is -2.33. The van der Waals surface area contributed by atoms with Crippen LogP contribution in [0.5, 0.6) is 0 Å². The topological polar surface area (TPSA) is 61.4 Å². The number of benzene rings is 2. The number of anilines is 2. The number of amides is 2. The SMILES string of the molecule is CCc1ccc([C@H](NCC(=O)Nc2ccc(N3CCCC3=O)cc2)C(C)C)cc1. The summed E-state index contributed by atoms with van der Waals surface area (Å²) in [7, 11) is 0. The molecule has 0 spiro atoms. The first-order valence-electron chi connectivity index (χ1n) is 10.5. The number of nitrogens with zero attached hydrogens (tertiary/aromatic N) is 1. The van der Waals surface area contributed by atoms with Crippen LogP contribution in [0, 0.1) is 5.92 Å². The summed E-state index contributed by atoms with van der Waals surface area (Å²) >= 11 is 0. The van der Waals surface area contributed by atoms with Crippen molar-refractivity contribution < 1.29 is 9.59 Å². The fourth-order valence-corrected chi connectivity index (χ4v) is 3.75. The van der Waals surface area contributed by atoms with Crippen LogP contribution in [0.25, 0.3) is 0 Å². The Kier molecular flexibility index (Phi) is 7.04. The summed E-state index contributed by atoms with van der Waals surface area (Å²) in [4.78, 5) is 26.1. The number of rotatable bonds is 8. The Bertz CT molecular complexity index is 828. The van der Waals surface area contributed by atoms with Crippen molar-refractivity contribution in [3.63, 3.8) is 0 Å². The maximum Gasteiger partial charge on any atom is 0.238 e. The zero-order chi connectivity index (χ0) is 20.8. The van der Waals surface area contributed by atoms with E-state index in [-0.39, 0.29) is 24.4 Å². The minimum absolute atomic E-state index is 0.0779. The van der Waals surface area contributed by atoms with Gasteiger partial charge in [-0.05, 0) is 54.2 Å². The van der Waals surface area contributed by atoms with E-state index < -0.39 is 0 Å². The normalized spacial score (nSPS) is 15.0. The van der Waals surface area contributed by atoms with Gasteiger partial charge in [0.1, 0.15) is 0 Å². The lowest BCUT2D eigenvalue weighted by atomic mass is 9.95. The van der Waals surface area contributed by atoms with Gasteiger partial charge in [0.2, 0.25) is 11.8 Å². The predicted octanol–water partition coefficient (Wildman–Crippen LogP) is 4.30. The molecule has 1 saturated heterocycles. The molecular formula is C24H31N3O2. The second kappa shape index (κ2) is 9.70. The third-order valence-electron chi connectivity index (χ3n) is 5.43. The van der Waals surface area contributed by atoms with Crippen LogP contribution < -0.4 is 15.5 Å². The van der Waals surface area contributed by atoms with Gasteiger partial charge >= 0.3 is 0 Å². The molecule has 1 aliphatic heterocycles. The fraction of sp³-hybridized carbons (Fsp3) is 0.417. The molecule has 0 bridgehead atoms. The Morgan fingerprint density at radius 3 is 2.31 bits per heavy atom. The highest BCUT2D eigenvalue weighted by atomic mass is 16.2. The molecule has 154 valence electrons. The average molecular weight is 394 g/mol. The second-order valence-corrected chi connectivity index (χ2v) is 7.94. The van der Waals surface area contributed by atoms with E-state index in [0.717, 1.165) is 30.8 Å². The van der Waals surface area contributed by atoms with E-state index in [4.69, 9.17) is 0 Å². The molecule has 0 aliphatic carbocycles. The molecule has 2 amide bonds. The Labute approximate surface area is 173 Å². The molecule has 1 heterocycles. The summed E-state index contributed by atoms with van der Waals surface area (Å²) in [5, 5.41) is 6.32. The molecule has 0 unspecified atom stereocenters. The fourth-order valence-electron chi connectivity index (χ4n) is 3.75. The van der Waals surface area contributed by atoms with E-state index in [1.54, 1.807) is 4.90 Å². The van der Waals surface area contributed by atoms with E-state index in [0.29, 0.717) is 12.3 Å². The molecule has 5 nitrogen and oxygen atoms in total. The van der Waals surface area contributed by atoms with E-state index in [1.807, 2.05) is 24.3 Å². The molecular weight excluding hydrogens is 362 g/mol. The van der Waals surface area contributed by atoms with Gasteiger partial charge in [0.05, 0.1) is 6.54 Å². The van der Waals surface area contributed by atoms with Crippen LogP contribution in [0.2, 0.25) is 0 Å². The lowest BCUT2D eigenvalue weighted by molar-refractivity contribution is -0.117. The standard InChI is InChI=1S/C24H31N3O2/c1-4-18-7-9-19(10-8-18)24(17(2)3)25-16-22(28)26-20-11-13-21(14-12-20)27-15-5-6-23(27)29/h7-14,17,24-25H,4-6,15-16H2,1-3H3,(H,26,28)/t24-/m1/s1. The molecule has 5 heteroatoms. The van der Waals surface area contributed by atoms with Gasteiger partial charge in [-0.3, -0.25) is 9.59 Å². The second-order valence-electron chi connectivity index (χ2n) is 7.94. The van der Waals surface area contributed by atoms with Gasteiger partial charge < -0.3 is 15.5 Å². The third-order valence-corrected chi connectivity index (χ3v) is 5.43. The van der Waals surface area contributed by atoms with Crippen molar-refractivity contribution >= 4 is 23.2 Å². The highest BCUT2D eigenvalue weighted by Gasteiger charge is 2.21. The summed E-state index contributed by atoms with van der Waals surface area (Å²) in [5.74, 6) is 0.455. The number of carbonyl (C=O) groups is 2. The number of nitrogens with one attached hydrogen (secondary N) is 2. The Hall–Kier alpha value is -2.66. The van der Waals surface area contributed by atoms with Crippen molar-refractivity contribution in [1.29, 1.82) is 0 Å². The Balaban J connectivity index is 1.55. The quantitative estimate of drug-likeness (QED) is 0.703. The first-order chi connectivity index (χ1) is 14.0. The molecule has 29 heavy (non-hydrogen) atoms. The molecule has 0 saturated carbocycles. The molecule has 2 N–H and O–H groups in total. The van der Waals surface area contributed by atoms with Crippen LogP contribution >= 0.6 is 0 Å². The zero-order valence-corrected chi connectivity index (χ0v) is 17.6. The number of aryl methyl sites for hydroxylation is 1. The maximum absolute atomic E-state index is 12.4. The summed E-state index contributed by atoms with van der Waals surface area (Å²) in [6.07, 6.45) is 2.54. The highest BCUT2D eigenvalue weighted by molar-refractivity contribution is 5.96. The predicted molar refractivity (Wildman–Crippen MR) is 118 cm³/mol. The molecule has 1 fully saturated rings. The number of hydrogen-bond donors (Lipinski definition) is 2. The van der Waals surface area contributed by atoms with Crippen LogP contribution in [-0.4, -0.2) is 24.9 Å². The molecule has 3 rings (SSSR count). The Morgan fingerprint density at radius 1 is 1.07 bits per heavy atom. The van der Waals surface area contributed by atoms with Gasteiger partial charge in [-0.25, -0.2) is 0 Å². The van der Waals surface area contributed by atoms with Gasteiger partial charge in [-0.1, -0.05) is 45.0 Å². The summed E-state index contributed by atoms with van der Waals surface area (Å²) in [6, 6.07) is 16.2. The molecule has 0 radical (unpaired) electrons. The van der Waals surface area contributed by atoms with Crippen LogP contribution in [-0.2, 0) is 16.0 Å². The van der Waals surface area contributed by atoms with Gasteiger partial charge in [0, 0.05) is 30.4 Å². The van der Waals surface area contributed by atoms with Crippen molar-refractivity contribution in [2.75, 3.05) is 23.3 Å². The van der Waals surface area contributed by atoms with E-state index in [2.05, 4.69) is 55.7 Å². The molecule has 1 aliphatic rings. The van der Waals surface area contributed by atoms with Crippen molar-refractivity contribution in [2.45, 2.75) is 46.1 Å². The maximum atomic E-state index is 12.4. The van der Waals surface area contributed by atoms with Crippen LogP contribution in [0.3, 0.4) is 0 Å². The number of carbonyl (C=O) groups excluding carboxylic acids is 2. The van der Waals surface area contributed by atoms with Crippen LogP contribution in [0.1, 0.15) is 50.8 Å². The summed E-state index contributed by atoms with van der Waals surface area (Å²) in [6.45, 7) is 7.46. The minimum Gasteiger partial charge on any atom is -0.325 e. The molecule has 0 aromatic heterocycles. The van der Waals surface area contributed by atoms with Crippen LogP contribution in [0.4, 0.5) is 11.4 Å². The van der Waals surface area contributed by atoms with Gasteiger partial charge in [-0.2, -0.15) is 0 Å². The third kappa shape index (κ3) is 5.45. The minimum atomic E-state index is -0.0779. The lowest BCUT2D eigenvalue weighted by Gasteiger charge is -2.23. The summed E-state index contributed by atoms with van der Waals surface area (Å²) < 4.78 is 0. The molecule has 2 aromatic rings. The van der Waals surface area contributed by atoms with Crippen molar-refractivity contribution in [3.05, 3.63) is 59.7 Å². The van der Waals surface area contributed by atoms with Gasteiger partial charge in [0.15, 0.2) is 0 Å². The number of hydrogen-bond acceptors (Lipinski definition) is 3. The molecule has 1 atom stereocenters. The van der Waals surface area contributed by atoms with Gasteiger partial charge in [-0.15, -0.1) is 0 Å². The van der Waals surface area contributed by atoms with Crippen molar-refractivity contribution in [1.82, 2.24) is 5.32 Å².